The van der Waals surface area contributed by atoms with Crippen molar-refractivity contribution >= 4 is 5.69 Å². The second kappa shape index (κ2) is 6.59. The van der Waals surface area contributed by atoms with E-state index in [4.69, 9.17) is 9.47 Å². The Morgan fingerprint density at radius 3 is 2.67 bits per heavy atom. The van der Waals surface area contributed by atoms with Crippen LogP contribution in [0.3, 0.4) is 0 Å². The zero-order chi connectivity index (χ0) is 14.7. The molecule has 3 rings (SSSR count). The second-order valence-corrected chi connectivity index (χ2v) is 6.40. The lowest BCUT2D eigenvalue weighted by Crippen LogP contribution is -2.28. The van der Waals surface area contributed by atoms with Crippen LogP contribution in [0.1, 0.15) is 45.4 Å². The molecule has 2 aliphatic rings. The Hall–Kier alpha value is -1.38. The van der Waals surface area contributed by atoms with Gasteiger partial charge in [0.05, 0.1) is 13.7 Å². The SMILES string of the molecule is CCOc1cc(NC2CCCC(C3CC3)C2)ccc1OC. The Morgan fingerprint density at radius 1 is 1.10 bits per heavy atom. The molecule has 3 heteroatoms. The van der Waals surface area contributed by atoms with Crippen molar-refractivity contribution < 1.29 is 9.47 Å². The van der Waals surface area contributed by atoms with Crippen LogP contribution in [0.4, 0.5) is 5.69 Å². The standard InChI is InChI=1S/C18H27NO2/c1-3-21-18-12-16(9-10-17(18)20-2)19-15-6-4-5-14(11-15)13-7-8-13/h9-10,12-15,19H,3-8,11H2,1-2H3. The molecule has 2 aliphatic carbocycles. The minimum Gasteiger partial charge on any atom is -0.493 e. The van der Waals surface area contributed by atoms with Crippen molar-refractivity contribution in [3.63, 3.8) is 0 Å². The second-order valence-electron chi connectivity index (χ2n) is 6.40. The maximum absolute atomic E-state index is 5.66. The van der Waals surface area contributed by atoms with Gasteiger partial charge in [-0.2, -0.15) is 0 Å². The number of anilines is 1. The highest BCUT2D eigenvalue weighted by Crippen LogP contribution is 2.44. The monoisotopic (exact) mass is 289 g/mol. The first-order valence-corrected chi connectivity index (χ1v) is 8.37. The first-order chi connectivity index (χ1) is 10.3. The number of methoxy groups -OCH3 is 1. The molecule has 0 amide bonds. The van der Waals surface area contributed by atoms with E-state index in [9.17, 15) is 0 Å². The number of benzene rings is 1. The van der Waals surface area contributed by atoms with Crippen molar-refractivity contribution in [1.82, 2.24) is 0 Å². The van der Waals surface area contributed by atoms with E-state index >= 15 is 0 Å². The molecule has 116 valence electrons. The fourth-order valence-electron chi connectivity index (χ4n) is 3.62. The summed E-state index contributed by atoms with van der Waals surface area (Å²) in [4.78, 5) is 0. The van der Waals surface area contributed by atoms with E-state index in [-0.39, 0.29) is 0 Å². The molecule has 2 atom stereocenters. The Morgan fingerprint density at radius 2 is 1.95 bits per heavy atom. The molecule has 0 spiro atoms. The molecule has 2 unspecified atom stereocenters. The van der Waals surface area contributed by atoms with Gasteiger partial charge in [0, 0.05) is 17.8 Å². The van der Waals surface area contributed by atoms with Gasteiger partial charge in [0.2, 0.25) is 0 Å². The quantitative estimate of drug-likeness (QED) is 0.838. The summed E-state index contributed by atoms with van der Waals surface area (Å²) in [5.74, 6) is 3.63. The van der Waals surface area contributed by atoms with Crippen LogP contribution in [0.15, 0.2) is 18.2 Å². The third-order valence-corrected chi connectivity index (χ3v) is 4.84. The normalized spacial score (nSPS) is 25.4. The average Bonchev–Trinajstić information content (AvgIpc) is 3.33. The summed E-state index contributed by atoms with van der Waals surface area (Å²) in [5.41, 5.74) is 1.15. The predicted octanol–water partition coefficient (Wildman–Crippen LogP) is 4.47. The molecule has 0 aromatic heterocycles. The molecule has 0 radical (unpaired) electrons. The van der Waals surface area contributed by atoms with Crippen LogP contribution in [0.2, 0.25) is 0 Å². The van der Waals surface area contributed by atoms with Gasteiger partial charge >= 0.3 is 0 Å². The largest absolute Gasteiger partial charge is 0.493 e. The van der Waals surface area contributed by atoms with E-state index in [1.54, 1.807) is 7.11 Å². The highest BCUT2D eigenvalue weighted by Gasteiger charge is 2.34. The third-order valence-electron chi connectivity index (χ3n) is 4.84. The first-order valence-electron chi connectivity index (χ1n) is 8.37. The summed E-state index contributed by atoms with van der Waals surface area (Å²) >= 11 is 0. The summed E-state index contributed by atoms with van der Waals surface area (Å²) in [6, 6.07) is 6.78. The molecule has 1 N–H and O–H groups in total. The highest BCUT2D eigenvalue weighted by atomic mass is 16.5. The molecule has 1 aromatic rings. The Balaban J connectivity index is 1.64. The Bertz CT molecular complexity index is 470. The molecule has 2 fully saturated rings. The third kappa shape index (κ3) is 3.63. The van der Waals surface area contributed by atoms with E-state index < -0.39 is 0 Å². The topological polar surface area (TPSA) is 30.5 Å². The lowest BCUT2D eigenvalue weighted by Gasteiger charge is -2.30. The summed E-state index contributed by atoms with van der Waals surface area (Å²) in [6.07, 6.45) is 8.37. The molecule has 1 aromatic carbocycles. The van der Waals surface area contributed by atoms with Gasteiger partial charge in [0.1, 0.15) is 0 Å². The Labute approximate surface area is 128 Å². The number of ether oxygens (including phenoxy) is 2. The van der Waals surface area contributed by atoms with Crippen molar-refractivity contribution in [3.05, 3.63) is 18.2 Å². The van der Waals surface area contributed by atoms with Gasteiger partial charge in [0.15, 0.2) is 11.5 Å². The van der Waals surface area contributed by atoms with Crippen LogP contribution in [0.25, 0.3) is 0 Å². The zero-order valence-electron chi connectivity index (χ0n) is 13.2. The van der Waals surface area contributed by atoms with Crippen molar-refractivity contribution in [3.8, 4) is 11.5 Å². The summed E-state index contributed by atoms with van der Waals surface area (Å²) < 4.78 is 11.0. The van der Waals surface area contributed by atoms with Crippen LogP contribution >= 0.6 is 0 Å². The van der Waals surface area contributed by atoms with Gasteiger partial charge in [-0.25, -0.2) is 0 Å². The van der Waals surface area contributed by atoms with Gasteiger partial charge in [-0.15, -0.1) is 0 Å². The van der Waals surface area contributed by atoms with Crippen molar-refractivity contribution in [1.29, 1.82) is 0 Å². The molecular weight excluding hydrogens is 262 g/mol. The number of nitrogens with one attached hydrogen (secondary N) is 1. The van der Waals surface area contributed by atoms with Gasteiger partial charge in [-0.05, 0) is 56.6 Å². The van der Waals surface area contributed by atoms with E-state index in [1.165, 1.54) is 38.5 Å². The minimum absolute atomic E-state index is 0.618. The molecule has 3 nitrogen and oxygen atoms in total. The van der Waals surface area contributed by atoms with E-state index in [2.05, 4.69) is 17.4 Å². The summed E-state index contributed by atoms with van der Waals surface area (Å²) in [7, 11) is 1.69. The van der Waals surface area contributed by atoms with Crippen LogP contribution in [-0.2, 0) is 0 Å². The lowest BCUT2D eigenvalue weighted by atomic mass is 9.82. The molecule has 21 heavy (non-hydrogen) atoms. The van der Waals surface area contributed by atoms with Gasteiger partial charge < -0.3 is 14.8 Å². The molecule has 2 saturated carbocycles. The van der Waals surface area contributed by atoms with Crippen molar-refractivity contribution in [2.45, 2.75) is 51.5 Å². The number of rotatable bonds is 6. The van der Waals surface area contributed by atoms with Gasteiger partial charge in [-0.1, -0.05) is 12.8 Å². The maximum atomic E-state index is 5.66. The van der Waals surface area contributed by atoms with Crippen LogP contribution < -0.4 is 14.8 Å². The van der Waals surface area contributed by atoms with Crippen molar-refractivity contribution in [2.24, 2.45) is 11.8 Å². The lowest BCUT2D eigenvalue weighted by molar-refractivity contribution is 0.302. The smallest absolute Gasteiger partial charge is 0.163 e. The molecule has 0 aliphatic heterocycles. The maximum Gasteiger partial charge on any atom is 0.163 e. The Kier molecular flexibility index (Phi) is 4.57. The number of hydrogen-bond acceptors (Lipinski definition) is 3. The van der Waals surface area contributed by atoms with Crippen LogP contribution in [0, 0.1) is 11.8 Å². The molecule has 0 bridgehead atoms. The molecular formula is C18H27NO2. The molecule has 0 saturated heterocycles. The fourth-order valence-corrected chi connectivity index (χ4v) is 3.62. The van der Waals surface area contributed by atoms with Gasteiger partial charge in [-0.3, -0.25) is 0 Å². The fraction of sp³-hybridized carbons (Fsp3) is 0.667. The van der Waals surface area contributed by atoms with Crippen molar-refractivity contribution in [2.75, 3.05) is 19.0 Å². The van der Waals surface area contributed by atoms with E-state index in [0.29, 0.717) is 12.6 Å². The summed E-state index contributed by atoms with van der Waals surface area (Å²) in [6.45, 7) is 2.66. The van der Waals surface area contributed by atoms with Crippen LogP contribution in [0.5, 0.6) is 11.5 Å². The summed E-state index contributed by atoms with van der Waals surface area (Å²) in [5, 5.41) is 3.71. The first kappa shape index (κ1) is 14.6. The average molecular weight is 289 g/mol. The van der Waals surface area contributed by atoms with E-state index in [1.807, 2.05) is 13.0 Å². The molecule has 0 heterocycles. The highest BCUT2D eigenvalue weighted by molar-refractivity contribution is 5.55. The predicted molar refractivity (Wildman–Crippen MR) is 86.3 cm³/mol. The number of hydrogen-bond donors (Lipinski definition) is 1. The van der Waals surface area contributed by atoms with Crippen LogP contribution in [-0.4, -0.2) is 19.8 Å². The van der Waals surface area contributed by atoms with Gasteiger partial charge in [0.25, 0.3) is 0 Å². The van der Waals surface area contributed by atoms with E-state index in [0.717, 1.165) is 29.0 Å². The minimum atomic E-state index is 0.618. The zero-order valence-corrected chi connectivity index (χ0v) is 13.2.